The zero-order chi connectivity index (χ0) is 20.7. The molecule has 1 nitrogen and oxygen atoms in total. The van der Waals surface area contributed by atoms with E-state index < -0.39 is 14.9 Å². The van der Waals surface area contributed by atoms with E-state index in [0.29, 0.717) is 5.56 Å². The molecule has 0 aliphatic heterocycles. The molecule has 0 atom stereocenters. The highest BCUT2D eigenvalue weighted by molar-refractivity contribution is 6.88. The van der Waals surface area contributed by atoms with Crippen molar-refractivity contribution >= 4 is 13.3 Å². The summed E-state index contributed by atoms with van der Waals surface area (Å²) < 4.78 is 26.4. The summed E-state index contributed by atoms with van der Waals surface area (Å²) in [6.45, 7) is 6.53. The third-order valence-corrected chi connectivity index (χ3v) is 6.72. The molecule has 0 amide bonds. The Balaban J connectivity index is 2.25. The lowest BCUT2D eigenvalue weighted by Gasteiger charge is -2.18. The van der Waals surface area contributed by atoms with Gasteiger partial charge in [0.25, 0.3) is 0 Å². The molecule has 0 spiro atoms. The van der Waals surface area contributed by atoms with Gasteiger partial charge in [0.2, 0.25) is 5.69 Å². The summed E-state index contributed by atoms with van der Waals surface area (Å²) in [5, 5.41) is 0.996. The first-order valence-electron chi connectivity index (χ1n) is 10.2. The van der Waals surface area contributed by atoms with Gasteiger partial charge in [0.05, 0.1) is 8.07 Å². The number of hydrogen-bond donors (Lipinski definition) is 0. The fraction of sp³-hybridized carbons (Fsp3) is 0.261. The molecule has 0 fully saturated rings. The minimum atomic E-state index is -2.12. The third-order valence-electron chi connectivity index (χ3n) is 4.70. The predicted octanol–water partition coefficient (Wildman–Crippen LogP) is 5.01. The van der Waals surface area contributed by atoms with E-state index in [4.69, 9.17) is 4.11 Å². The van der Waals surface area contributed by atoms with Crippen molar-refractivity contribution in [3.63, 3.8) is 0 Å². The summed E-state index contributed by atoms with van der Waals surface area (Å²) in [6, 6.07) is 18.5. The summed E-state index contributed by atoms with van der Waals surface area (Å²) in [7, 11) is 0.210. The van der Waals surface area contributed by atoms with Crippen molar-refractivity contribution in [1.82, 2.24) is 0 Å². The van der Waals surface area contributed by atoms with E-state index in [1.165, 1.54) is 0 Å². The molecule has 2 aromatic carbocycles. The summed E-state index contributed by atoms with van der Waals surface area (Å²) in [5.41, 5.74) is 5.91. The van der Waals surface area contributed by atoms with Crippen LogP contribution in [0.5, 0.6) is 0 Å². The van der Waals surface area contributed by atoms with E-state index >= 15 is 0 Å². The summed E-state index contributed by atoms with van der Waals surface area (Å²) in [4.78, 5) is 0. The molecule has 0 N–H and O–H groups in total. The molecule has 3 aromatic rings. The number of benzene rings is 2. The lowest BCUT2D eigenvalue weighted by Crippen LogP contribution is -2.46. The maximum absolute atomic E-state index is 8.10. The Hall–Kier alpha value is -2.19. The smallest absolute Gasteiger partial charge is 0.201 e. The molecular weight excluding hydrogens is 318 g/mol. The van der Waals surface area contributed by atoms with Crippen molar-refractivity contribution in [2.45, 2.75) is 33.4 Å². The monoisotopic (exact) mass is 349 g/mol. The van der Waals surface area contributed by atoms with Gasteiger partial charge in [-0.1, -0.05) is 62.1 Å². The molecule has 3 rings (SSSR count). The number of aromatic nitrogens is 1. The summed E-state index contributed by atoms with van der Waals surface area (Å²) >= 11 is 0. The maximum Gasteiger partial charge on any atom is 0.212 e. The van der Waals surface area contributed by atoms with Gasteiger partial charge in [0, 0.05) is 20.9 Å². The first-order valence-corrected chi connectivity index (χ1v) is 12.2. The molecule has 0 saturated heterocycles. The molecule has 0 radical (unpaired) electrons. The lowest BCUT2D eigenvalue weighted by molar-refractivity contribution is -0.659. The van der Waals surface area contributed by atoms with E-state index in [1.807, 2.05) is 37.5 Å². The van der Waals surface area contributed by atoms with Gasteiger partial charge in [-0.2, -0.15) is 0 Å². The summed E-state index contributed by atoms with van der Waals surface area (Å²) in [6.07, 6.45) is 2.04. The van der Waals surface area contributed by atoms with Gasteiger partial charge >= 0.3 is 0 Å². The highest BCUT2D eigenvalue weighted by Gasteiger charge is 2.24. The van der Waals surface area contributed by atoms with Crippen LogP contribution in [0.4, 0.5) is 0 Å². The van der Waals surface area contributed by atoms with Crippen molar-refractivity contribution in [3.8, 4) is 22.4 Å². The highest BCUT2D eigenvalue weighted by atomic mass is 28.3. The molecule has 25 heavy (non-hydrogen) atoms. The Morgan fingerprint density at radius 2 is 1.60 bits per heavy atom. The number of pyridine rings is 1. The van der Waals surface area contributed by atoms with Gasteiger partial charge in [0.1, 0.15) is 7.05 Å². The Morgan fingerprint density at radius 3 is 2.24 bits per heavy atom. The van der Waals surface area contributed by atoms with Gasteiger partial charge in [0.15, 0.2) is 6.20 Å². The number of hydrogen-bond acceptors (Lipinski definition) is 0. The number of nitrogens with zero attached hydrogens (tertiary/aromatic N) is 1. The molecule has 1 heterocycles. The Morgan fingerprint density at radius 1 is 0.880 bits per heavy atom. The largest absolute Gasteiger partial charge is 0.212 e. The highest BCUT2D eigenvalue weighted by Crippen LogP contribution is 2.28. The van der Waals surface area contributed by atoms with Crippen LogP contribution >= 0.6 is 0 Å². The molecule has 0 bridgehead atoms. The fourth-order valence-corrected chi connectivity index (χ4v) is 4.68. The Bertz CT molecular complexity index is 1000. The Labute approximate surface area is 157 Å². The average Bonchev–Trinajstić information content (AvgIpc) is 2.61. The van der Waals surface area contributed by atoms with E-state index in [1.54, 1.807) is 0 Å². The van der Waals surface area contributed by atoms with Crippen LogP contribution in [0.1, 0.15) is 15.2 Å². The van der Waals surface area contributed by atoms with Gasteiger partial charge in [-0.05, 0) is 42.1 Å². The topological polar surface area (TPSA) is 3.88 Å². The van der Waals surface area contributed by atoms with Crippen LogP contribution in [0, 0.1) is 13.8 Å². The van der Waals surface area contributed by atoms with Crippen molar-refractivity contribution in [2.24, 2.45) is 7.05 Å². The number of aryl methyl sites for hydroxylation is 3. The van der Waals surface area contributed by atoms with Crippen LogP contribution in [0.15, 0.2) is 60.8 Å². The quantitative estimate of drug-likeness (QED) is 0.462. The van der Waals surface area contributed by atoms with Crippen LogP contribution in [-0.4, -0.2) is 8.07 Å². The molecule has 0 unspecified atom stereocenters. The van der Waals surface area contributed by atoms with E-state index in [0.717, 1.165) is 33.1 Å². The SMILES string of the molecule is [2H]C([2H])([2H])c1cc(-c2cc(-c3ccccc3)ccc2C)[n+](C)cc1[Si](C)(C)C. The standard InChI is InChI=1S/C23H28NSi/c1-17-12-13-20(19-10-8-7-9-11-19)15-21(17)22-14-18(2)23(16-24(22)3)25(4,5)6/h7-16H,1-6H3/q+1/i2D3. The van der Waals surface area contributed by atoms with E-state index in [9.17, 15) is 0 Å². The zero-order valence-electron chi connectivity index (χ0n) is 18.7. The molecule has 128 valence electrons. The average molecular weight is 350 g/mol. The number of rotatable bonds is 3. The first-order chi connectivity index (χ1) is 13.0. The van der Waals surface area contributed by atoms with Crippen molar-refractivity contribution in [2.75, 3.05) is 0 Å². The molecule has 2 heteroatoms. The van der Waals surface area contributed by atoms with Crippen LogP contribution in [0.3, 0.4) is 0 Å². The summed E-state index contributed by atoms with van der Waals surface area (Å²) in [5.74, 6) is 0. The molecular formula is C23H28NSi+. The van der Waals surface area contributed by atoms with Gasteiger partial charge < -0.3 is 0 Å². The van der Waals surface area contributed by atoms with Gasteiger partial charge in [-0.25, -0.2) is 4.57 Å². The molecule has 0 saturated carbocycles. The van der Waals surface area contributed by atoms with Gasteiger partial charge in [-0.3, -0.25) is 0 Å². The van der Waals surface area contributed by atoms with Crippen LogP contribution in [-0.2, 0) is 7.05 Å². The van der Waals surface area contributed by atoms with Crippen molar-refractivity contribution < 1.29 is 8.68 Å². The van der Waals surface area contributed by atoms with Crippen LogP contribution in [0.25, 0.3) is 22.4 Å². The second-order valence-electron chi connectivity index (χ2n) is 7.74. The fourth-order valence-electron chi connectivity index (χ4n) is 3.22. The van der Waals surface area contributed by atoms with E-state index in [2.05, 4.69) is 61.5 Å². The first kappa shape index (κ1) is 14.0. The zero-order valence-corrected chi connectivity index (χ0v) is 16.7. The lowest BCUT2D eigenvalue weighted by atomic mass is 9.97. The van der Waals surface area contributed by atoms with Crippen molar-refractivity contribution in [3.05, 3.63) is 71.9 Å². The molecule has 0 aliphatic carbocycles. The van der Waals surface area contributed by atoms with Crippen LogP contribution < -0.4 is 9.75 Å². The predicted molar refractivity (Wildman–Crippen MR) is 111 cm³/mol. The normalized spacial score (nSPS) is 13.9. The minimum Gasteiger partial charge on any atom is -0.201 e. The maximum atomic E-state index is 8.10. The second-order valence-corrected chi connectivity index (χ2v) is 12.8. The Kier molecular flexibility index (Phi) is 3.71. The molecule has 1 aromatic heterocycles. The second kappa shape index (κ2) is 6.60. The van der Waals surface area contributed by atoms with Gasteiger partial charge in [-0.15, -0.1) is 0 Å². The third kappa shape index (κ3) is 3.59. The van der Waals surface area contributed by atoms with Crippen LogP contribution in [0.2, 0.25) is 19.6 Å². The van der Waals surface area contributed by atoms with E-state index in [-0.39, 0.29) is 0 Å². The molecule has 0 aliphatic rings. The van der Waals surface area contributed by atoms with Crippen molar-refractivity contribution in [1.29, 1.82) is 0 Å². The minimum absolute atomic E-state index is 0.490.